The zero-order valence-electron chi connectivity index (χ0n) is 11.0. The summed E-state index contributed by atoms with van der Waals surface area (Å²) in [6.07, 6.45) is 1.16. The van der Waals surface area contributed by atoms with Crippen LogP contribution in [-0.2, 0) is 0 Å². The van der Waals surface area contributed by atoms with Crippen LogP contribution in [0.1, 0.15) is 15.9 Å². The number of halogens is 1. The van der Waals surface area contributed by atoms with Gasteiger partial charge in [-0.1, -0.05) is 12.1 Å². The Balaban J connectivity index is 2.05. The lowest BCUT2D eigenvalue weighted by Crippen LogP contribution is -2.17. The van der Waals surface area contributed by atoms with Gasteiger partial charge in [0.1, 0.15) is 5.82 Å². The minimum Gasteiger partial charge on any atom is -0.868 e. The van der Waals surface area contributed by atoms with Crippen LogP contribution in [0.2, 0.25) is 0 Å². The van der Waals surface area contributed by atoms with Gasteiger partial charge in [-0.25, -0.2) is 9.82 Å². The summed E-state index contributed by atoms with van der Waals surface area (Å²) in [6.45, 7) is 0. The number of amides is 1. The Morgan fingerprint density at radius 2 is 2.05 bits per heavy atom. The molecule has 0 atom stereocenters. The standard InChI is InChI=1S/C14H10FN3O4/c15-11-3-1-2-10(7-11)14(20)17-16-8-9-4-5-12(18(21)22)13(19)6-9/h1-8,19H,(H,17,20)/p-1/b16-8-. The van der Waals surface area contributed by atoms with Gasteiger partial charge >= 0.3 is 0 Å². The molecule has 0 spiro atoms. The number of nitro groups is 1. The maximum atomic E-state index is 13.0. The van der Waals surface area contributed by atoms with E-state index in [-0.39, 0.29) is 11.1 Å². The van der Waals surface area contributed by atoms with Crippen LogP contribution < -0.4 is 10.5 Å². The van der Waals surface area contributed by atoms with Crippen molar-refractivity contribution in [3.05, 3.63) is 69.5 Å². The van der Waals surface area contributed by atoms with E-state index < -0.39 is 28.1 Å². The van der Waals surface area contributed by atoms with Gasteiger partial charge in [0, 0.05) is 11.6 Å². The quantitative estimate of drug-likeness (QED) is 0.525. The predicted molar refractivity (Wildman–Crippen MR) is 74.0 cm³/mol. The van der Waals surface area contributed by atoms with Crippen LogP contribution in [0.4, 0.5) is 10.1 Å². The van der Waals surface area contributed by atoms with E-state index in [1.165, 1.54) is 24.3 Å². The summed E-state index contributed by atoms with van der Waals surface area (Å²) in [6, 6.07) is 8.44. The Labute approximate surface area is 123 Å². The molecule has 0 unspecified atom stereocenters. The molecule has 0 radical (unpaired) electrons. The smallest absolute Gasteiger partial charge is 0.271 e. The molecule has 0 aliphatic rings. The molecule has 0 fully saturated rings. The molecule has 0 heterocycles. The fraction of sp³-hybridized carbons (Fsp3) is 0. The second-order valence-corrected chi connectivity index (χ2v) is 4.19. The molecule has 22 heavy (non-hydrogen) atoms. The van der Waals surface area contributed by atoms with Gasteiger partial charge in [0.2, 0.25) is 0 Å². The first-order valence-electron chi connectivity index (χ1n) is 6.02. The highest BCUT2D eigenvalue weighted by Crippen LogP contribution is 2.22. The molecule has 2 rings (SSSR count). The Morgan fingerprint density at radius 1 is 1.27 bits per heavy atom. The largest absolute Gasteiger partial charge is 0.868 e. The molecule has 0 bridgehead atoms. The molecule has 2 aromatic rings. The van der Waals surface area contributed by atoms with E-state index in [1.807, 2.05) is 0 Å². The van der Waals surface area contributed by atoms with Gasteiger partial charge in [-0.05, 0) is 35.6 Å². The summed E-state index contributed by atoms with van der Waals surface area (Å²) in [5.41, 5.74) is 1.99. The topological polar surface area (TPSA) is 108 Å². The van der Waals surface area contributed by atoms with Crippen LogP contribution in [0.3, 0.4) is 0 Å². The first kappa shape index (κ1) is 15.1. The van der Waals surface area contributed by atoms with Gasteiger partial charge in [-0.3, -0.25) is 14.9 Å². The Bertz CT molecular complexity index is 762. The average Bonchev–Trinajstić information content (AvgIpc) is 2.46. The number of hydrogen-bond acceptors (Lipinski definition) is 5. The molecular formula is C14H9FN3O4-. The molecule has 0 aliphatic carbocycles. The molecule has 1 amide bonds. The van der Waals surface area contributed by atoms with Gasteiger partial charge in [-0.2, -0.15) is 5.10 Å². The number of nitrogens with one attached hydrogen (secondary N) is 1. The first-order chi connectivity index (χ1) is 10.5. The number of rotatable bonds is 4. The average molecular weight is 302 g/mol. The van der Waals surface area contributed by atoms with E-state index in [0.717, 1.165) is 24.4 Å². The number of hydrazone groups is 1. The lowest BCUT2D eigenvalue weighted by Gasteiger charge is -2.06. The van der Waals surface area contributed by atoms with Crippen molar-refractivity contribution in [2.45, 2.75) is 0 Å². The Kier molecular flexibility index (Phi) is 4.42. The Hall–Kier alpha value is -3.29. The maximum absolute atomic E-state index is 13.0. The van der Waals surface area contributed by atoms with Crippen LogP contribution in [-0.4, -0.2) is 17.0 Å². The lowest BCUT2D eigenvalue weighted by atomic mass is 10.2. The zero-order chi connectivity index (χ0) is 16.1. The van der Waals surface area contributed by atoms with Crippen molar-refractivity contribution in [3.8, 4) is 5.75 Å². The lowest BCUT2D eigenvalue weighted by molar-refractivity contribution is -0.398. The van der Waals surface area contributed by atoms with Gasteiger partial charge in [0.15, 0.2) is 0 Å². The minimum atomic E-state index is -0.783. The second-order valence-electron chi connectivity index (χ2n) is 4.19. The summed E-state index contributed by atoms with van der Waals surface area (Å²) in [7, 11) is 0. The van der Waals surface area contributed by atoms with Gasteiger partial charge in [0.05, 0.1) is 11.1 Å². The summed E-state index contributed by atoms with van der Waals surface area (Å²) < 4.78 is 13.0. The SMILES string of the molecule is O=C(N/N=C\c1ccc([N+](=O)[O-])c([O-])c1)c1cccc(F)c1. The van der Waals surface area contributed by atoms with Crippen LogP contribution in [0.25, 0.3) is 0 Å². The highest BCUT2D eigenvalue weighted by Gasteiger charge is 2.06. The summed E-state index contributed by atoms with van der Waals surface area (Å²) in [5.74, 6) is -1.94. The van der Waals surface area contributed by atoms with Crippen LogP contribution >= 0.6 is 0 Å². The molecule has 2 aromatic carbocycles. The van der Waals surface area contributed by atoms with Gasteiger partial charge in [-0.15, -0.1) is 0 Å². The number of nitro benzene ring substituents is 1. The van der Waals surface area contributed by atoms with Gasteiger partial charge < -0.3 is 5.11 Å². The van der Waals surface area contributed by atoms with Gasteiger partial charge in [0.25, 0.3) is 11.6 Å². The van der Waals surface area contributed by atoms with E-state index in [1.54, 1.807) is 0 Å². The highest BCUT2D eigenvalue weighted by molar-refractivity contribution is 5.94. The third-order valence-corrected chi connectivity index (χ3v) is 2.65. The molecule has 1 N–H and O–H groups in total. The fourth-order valence-corrected chi connectivity index (χ4v) is 1.62. The van der Waals surface area contributed by atoms with Crippen molar-refractivity contribution in [3.63, 3.8) is 0 Å². The van der Waals surface area contributed by atoms with E-state index in [9.17, 15) is 24.4 Å². The molecule has 0 aliphatic heterocycles. The number of carbonyl (C=O) groups excluding carboxylic acids is 1. The second kappa shape index (κ2) is 6.44. The van der Waals surface area contributed by atoms with Crippen molar-refractivity contribution < 1.29 is 19.2 Å². The van der Waals surface area contributed by atoms with Crippen molar-refractivity contribution in [2.24, 2.45) is 5.10 Å². The molecule has 0 aromatic heterocycles. The van der Waals surface area contributed by atoms with Crippen molar-refractivity contribution in [1.29, 1.82) is 0 Å². The monoisotopic (exact) mass is 302 g/mol. The van der Waals surface area contributed by atoms with Crippen molar-refractivity contribution in [2.75, 3.05) is 0 Å². The minimum absolute atomic E-state index is 0.0883. The zero-order valence-corrected chi connectivity index (χ0v) is 11.0. The van der Waals surface area contributed by atoms with Crippen LogP contribution in [0.15, 0.2) is 47.6 Å². The normalized spacial score (nSPS) is 10.6. The molecule has 8 heteroatoms. The molecule has 0 saturated carbocycles. The van der Waals surface area contributed by atoms with E-state index >= 15 is 0 Å². The third kappa shape index (κ3) is 3.63. The predicted octanol–water partition coefficient (Wildman–Crippen LogP) is 1.57. The molecular weight excluding hydrogens is 293 g/mol. The number of nitrogens with zero attached hydrogens (tertiary/aromatic N) is 2. The van der Waals surface area contributed by atoms with Crippen molar-refractivity contribution >= 4 is 17.8 Å². The van der Waals surface area contributed by atoms with Crippen molar-refractivity contribution in [1.82, 2.24) is 5.43 Å². The summed E-state index contributed by atoms with van der Waals surface area (Å²) in [4.78, 5) is 21.4. The number of carbonyl (C=O) groups is 1. The van der Waals surface area contributed by atoms with Crippen LogP contribution in [0, 0.1) is 15.9 Å². The first-order valence-corrected chi connectivity index (χ1v) is 6.02. The fourth-order valence-electron chi connectivity index (χ4n) is 1.62. The maximum Gasteiger partial charge on any atom is 0.271 e. The Morgan fingerprint density at radius 3 is 2.68 bits per heavy atom. The molecule has 7 nitrogen and oxygen atoms in total. The summed E-state index contributed by atoms with van der Waals surface area (Å²) in [5, 5.41) is 25.5. The van der Waals surface area contributed by atoms with E-state index in [2.05, 4.69) is 10.5 Å². The van der Waals surface area contributed by atoms with E-state index in [0.29, 0.717) is 0 Å². The number of benzene rings is 2. The number of hydrogen-bond donors (Lipinski definition) is 1. The highest BCUT2D eigenvalue weighted by atomic mass is 19.1. The molecule has 112 valence electrons. The molecule has 0 saturated heterocycles. The van der Waals surface area contributed by atoms with E-state index in [4.69, 9.17) is 0 Å². The van der Waals surface area contributed by atoms with Crippen LogP contribution in [0.5, 0.6) is 5.75 Å². The summed E-state index contributed by atoms with van der Waals surface area (Å²) >= 11 is 0. The third-order valence-electron chi connectivity index (χ3n) is 2.65.